The fraction of sp³-hybridized carbons (Fsp3) is 0.467. The van der Waals surface area contributed by atoms with Crippen LogP contribution in [0.15, 0.2) is 17.5 Å². The van der Waals surface area contributed by atoms with E-state index >= 15 is 0 Å². The maximum atomic E-state index is 12.3. The molecule has 0 bridgehead atoms. The van der Waals surface area contributed by atoms with Gasteiger partial charge in [0.05, 0.1) is 10.7 Å². The highest BCUT2D eigenvalue weighted by Gasteiger charge is 2.26. The van der Waals surface area contributed by atoms with Crippen molar-refractivity contribution in [1.82, 2.24) is 20.1 Å². The number of piperidine rings is 1. The van der Waals surface area contributed by atoms with Crippen molar-refractivity contribution in [3.63, 3.8) is 0 Å². The molecule has 0 aromatic carbocycles. The highest BCUT2D eigenvalue weighted by atomic mass is 32.1. The summed E-state index contributed by atoms with van der Waals surface area (Å²) in [5.41, 5.74) is 1.41. The second-order valence-corrected chi connectivity index (χ2v) is 6.44. The Morgan fingerprint density at radius 1 is 1.27 bits per heavy atom. The van der Waals surface area contributed by atoms with Crippen LogP contribution in [0.5, 0.6) is 5.88 Å². The topological polar surface area (TPSA) is 68.2 Å². The predicted molar refractivity (Wildman–Crippen MR) is 83.2 cm³/mol. The first-order valence-corrected chi connectivity index (χ1v) is 8.18. The minimum Gasteiger partial charge on any atom is -0.473 e. The van der Waals surface area contributed by atoms with Crippen LogP contribution in [0.3, 0.4) is 0 Å². The Kier molecular flexibility index (Phi) is 4.33. The van der Waals surface area contributed by atoms with Gasteiger partial charge in [-0.1, -0.05) is 0 Å². The Labute approximate surface area is 133 Å². The van der Waals surface area contributed by atoms with Crippen molar-refractivity contribution >= 4 is 17.2 Å². The Balaban J connectivity index is 1.54. The van der Waals surface area contributed by atoms with E-state index < -0.39 is 0 Å². The van der Waals surface area contributed by atoms with Gasteiger partial charge in [0.15, 0.2) is 0 Å². The van der Waals surface area contributed by atoms with Gasteiger partial charge in [-0.25, -0.2) is 4.98 Å². The molecular formula is C15H18N4O2S. The average molecular weight is 318 g/mol. The van der Waals surface area contributed by atoms with E-state index in [2.05, 4.69) is 15.2 Å². The highest BCUT2D eigenvalue weighted by molar-refractivity contribution is 7.09. The molecular weight excluding hydrogens is 300 g/mol. The number of hydrogen-bond acceptors (Lipinski definition) is 6. The lowest BCUT2D eigenvalue weighted by atomic mass is 10.1. The zero-order chi connectivity index (χ0) is 15.5. The van der Waals surface area contributed by atoms with Crippen LogP contribution in [0.2, 0.25) is 0 Å². The molecule has 3 rings (SSSR count). The second-order valence-electron chi connectivity index (χ2n) is 5.37. The van der Waals surface area contributed by atoms with Gasteiger partial charge in [-0.05, 0) is 19.9 Å². The average Bonchev–Trinajstić information content (AvgIpc) is 2.96. The number of carbonyl (C=O) groups is 1. The van der Waals surface area contributed by atoms with Crippen LogP contribution in [-0.4, -0.2) is 45.2 Å². The number of rotatable bonds is 3. The number of thiazole rings is 1. The van der Waals surface area contributed by atoms with E-state index in [-0.39, 0.29) is 12.0 Å². The summed E-state index contributed by atoms with van der Waals surface area (Å²) in [6, 6.07) is 3.71. The van der Waals surface area contributed by atoms with Gasteiger partial charge in [0.25, 0.3) is 5.91 Å². The van der Waals surface area contributed by atoms with E-state index in [9.17, 15) is 4.79 Å². The molecule has 3 heterocycles. The monoisotopic (exact) mass is 318 g/mol. The second kappa shape index (κ2) is 6.39. The molecule has 0 radical (unpaired) electrons. The number of ether oxygens (including phenoxy) is 1. The zero-order valence-electron chi connectivity index (χ0n) is 12.7. The van der Waals surface area contributed by atoms with E-state index in [0.717, 1.165) is 23.5 Å². The Hall–Kier alpha value is -2.02. The van der Waals surface area contributed by atoms with Crippen molar-refractivity contribution < 1.29 is 9.53 Å². The van der Waals surface area contributed by atoms with E-state index in [1.807, 2.05) is 36.3 Å². The number of likely N-dealkylation sites (tertiary alicyclic amines) is 1. The first-order chi connectivity index (χ1) is 10.6. The smallest absolute Gasteiger partial charge is 0.273 e. The number of nitrogens with zero attached hydrogens (tertiary/aromatic N) is 4. The molecule has 7 heteroatoms. The van der Waals surface area contributed by atoms with E-state index in [1.165, 1.54) is 11.3 Å². The molecule has 0 aliphatic carbocycles. The molecule has 2 aromatic heterocycles. The molecule has 0 unspecified atom stereocenters. The molecule has 0 saturated carbocycles. The van der Waals surface area contributed by atoms with Gasteiger partial charge in [-0.15, -0.1) is 16.4 Å². The molecule has 22 heavy (non-hydrogen) atoms. The van der Waals surface area contributed by atoms with Crippen molar-refractivity contribution in [3.05, 3.63) is 33.9 Å². The van der Waals surface area contributed by atoms with Crippen LogP contribution in [0.25, 0.3) is 0 Å². The van der Waals surface area contributed by atoms with Gasteiger partial charge in [-0.3, -0.25) is 4.79 Å². The zero-order valence-corrected chi connectivity index (χ0v) is 13.5. The lowest BCUT2D eigenvalue weighted by Crippen LogP contribution is -2.42. The van der Waals surface area contributed by atoms with Crippen LogP contribution in [0, 0.1) is 13.8 Å². The Morgan fingerprint density at radius 2 is 2.05 bits per heavy atom. The number of amides is 1. The summed E-state index contributed by atoms with van der Waals surface area (Å²) in [6.07, 6.45) is 1.67. The van der Waals surface area contributed by atoms with Gasteiger partial charge in [-0.2, -0.15) is 5.10 Å². The fourth-order valence-electron chi connectivity index (χ4n) is 2.42. The van der Waals surface area contributed by atoms with Gasteiger partial charge < -0.3 is 9.64 Å². The van der Waals surface area contributed by atoms with Gasteiger partial charge in [0, 0.05) is 37.4 Å². The highest BCUT2D eigenvalue weighted by Crippen LogP contribution is 2.19. The minimum absolute atomic E-state index is 0.0120. The Bertz CT molecular complexity index is 648. The van der Waals surface area contributed by atoms with E-state index in [4.69, 9.17) is 4.74 Å². The van der Waals surface area contributed by atoms with Crippen molar-refractivity contribution in [2.24, 2.45) is 0 Å². The molecule has 1 aliphatic heterocycles. The van der Waals surface area contributed by atoms with Crippen LogP contribution in [-0.2, 0) is 0 Å². The van der Waals surface area contributed by atoms with E-state index in [0.29, 0.717) is 24.7 Å². The molecule has 2 aromatic rings. The fourth-order valence-corrected chi connectivity index (χ4v) is 3.01. The summed E-state index contributed by atoms with van der Waals surface area (Å²) in [5.74, 6) is 0.559. The SMILES string of the molecule is Cc1ccc(OC2CCN(C(=O)c3csc(C)n3)CC2)nn1. The number of aromatic nitrogens is 3. The van der Waals surface area contributed by atoms with Gasteiger partial charge >= 0.3 is 0 Å². The van der Waals surface area contributed by atoms with Gasteiger partial charge in [0.2, 0.25) is 5.88 Å². The number of hydrogen-bond donors (Lipinski definition) is 0. The number of carbonyl (C=O) groups excluding carboxylic acids is 1. The molecule has 0 spiro atoms. The molecule has 6 nitrogen and oxygen atoms in total. The Morgan fingerprint density at radius 3 is 2.64 bits per heavy atom. The van der Waals surface area contributed by atoms with Crippen molar-refractivity contribution in [1.29, 1.82) is 0 Å². The summed E-state index contributed by atoms with van der Waals surface area (Å²) < 4.78 is 5.82. The number of aryl methyl sites for hydroxylation is 2. The van der Waals surface area contributed by atoms with Crippen LogP contribution < -0.4 is 4.74 Å². The molecule has 1 fully saturated rings. The van der Waals surface area contributed by atoms with Crippen molar-refractivity contribution in [2.45, 2.75) is 32.8 Å². The van der Waals surface area contributed by atoms with Crippen molar-refractivity contribution in [2.75, 3.05) is 13.1 Å². The van der Waals surface area contributed by atoms with Gasteiger partial charge in [0.1, 0.15) is 11.8 Å². The maximum absolute atomic E-state index is 12.3. The third-order valence-electron chi connectivity index (χ3n) is 3.63. The first-order valence-electron chi connectivity index (χ1n) is 7.30. The normalized spacial score (nSPS) is 15.8. The van der Waals surface area contributed by atoms with Crippen LogP contribution in [0.1, 0.15) is 34.0 Å². The summed E-state index contributed by atoms with van der Waals surface area (Å²) >= 11 is 1.50. The lowest BCUT2D eigenvalue weighted by molar-refractivity contribution is 0.0581. The van der Waals surface area contributed by atoms with Crippen LogP contribution in [0.4, 0.5) is 0 Å². The maximum Gasteiger partial charge on any atom is 0.273 e. The van der Waals surface area contributed by atoms with Crippen LogP contribution >= 0.6 is 11.3 Å². The molecule has 1 saturated heterocycles. The minimum atomic E-state index is 0.0120. The molecule has 0 N–H and O–H groups in total. The summed E-state index contributed by atoms with van der Waals surface area (Å²) in [6.45, 7) is 5.16. The van der Waals surface area contributed by atoms with Crippen molar-refractivity contribution in [3.8, 4) is 5.88 Å². The first kappa shape index (κ1) is 14.9. The molecule has 1 amide bonds. The third-order valence-corrected chi connectivity index (χ3v) is 4.40. The summed E-state index contributed by atoms with van der Waals surface area (Å²) in [7, 11) is 0. The largest absolute Gasteiger partial charge is 0.473 e. The summed E-state index contributed by atoms with van der Waals surface area (Å²) in [5, 5.41) is 10.7. The molecule has 1 aliphatic rings. The standard InChI is InChI=1S/C15H18N4O2S/c1-10-3-4-14(18-17-10)21-12-5-7-19(8-6-12)15(20)13-9-22-11(2)16-13/h3-4,9,12H,5-8H2,1-2H3. The third kappa shape index (κ3) is 3.41. The predicted octanol–water partition coefficient (Wildman–Crippen LogP) is 2.23. The quantitative estimate of drug-likeness (QED) is 0.868. The summed E-state index contributed by atoms with van der Waals surface area (Å²) in [4.78, 5) is 18.4. The molecule has 0 atom stereocenters. The van der Waals surface area contributed by atoms with E-state index in [1.54, 1.807) is 0 Å². The molecule has 116 valence electrons. The lowest BCUT2D eigenvalue weighted by Gasteiger charge is -2.31.